The van der Waals surface area contributed by atoms with E-state index in [0.717, 1.165) is 42.8 Å². The van der Waals surface area contributed by atoms with Crippen molar-refractivity contribution in [1.29, 1.82) is 0 Å². The van der Waals surface area contributed by atoms with Crippen LogP contribution in [0.2, 0.25) is 0 Å². The summed E-state index contributed by atoms with van der Waals surface area (Å²) >= 11 is 0. The number of hydrogen-bond acceptors (Lipinski definition) is 3. The zero-order valence-electron chi connectivity index (χ0n) is 15.8. The van der Waals surface area contributed by atoms with Crippen molar-refractivity contribution < 1.29 is 13.9 Å². The molecule has 1 aliphatic rings. The van der Waals surface area contributed by atoms with Gasteiger partial charge in [0.1, 0.15) is 11.6 Å². The van der Waals surface area contributed by atoms with Crippen LogP contribution in [0.25, 0.3) is 0 Å². The van der Waals surface area contributed by atoms with E-state index in [-0.39, 0.29) is 11.7 Å². The summed E-state index contributed by atoms with van der Waals surface area (Å²) in [4.78, 5) is 14.9. The average Bonchev–Trinajstić information content (AvgIpc) is 2.70. The van der Waals surface area contributed by atoms with Crippen LogP contribution in [0.4, 0.5) is 4.39 Å². The predicted octanol–water partition coefficient (Wildman–Crippen LogP) is 3.75. The maximum atomic E-state index is 13.2. The zero-order chi connectivity index (χ0) is 19.1. The minimum Gasteiger partial charge on any atom is -0.497 e. The highest BCUT2D eigenvalue weighted by Gasteiger charge is 2.21. The van der Waals surface area contributed by atoms with Crippen molar-refractivity contribution in [3.05, 3.63) is 65.5 Å². The van der Waals surface area contributed by atoms with E-state index in [2.05, 4.69) is 5.32 Å². The number of carbonyl (C=O) groups excluding carboxylic acids is 1. The van der Waals surface area contributed by atoms with Gasteiger partial charge in [-0.2, -0.15) is 0 Å². The first-order valence-electron chi connectivity index (χ1n) is 9.50. The van der Waals surface area contributed by atoms with Crippen LogP contribution >= 0.6 is 0 Å². The molecule has 1 amide bonds. The molecule has 0 bridgehead atoms. The van der Waals surface area contributed by atoms with E-state index in [0.29, 0.717) is 25.4 Å². The Morgan fingerprint density at radius 1 is 1.04 bits per heavy atom. The van der Waals surface area contributed by atoms with Gasteiger partial charge in [0.05, 0.1) is 7.11 Å². The standard InChI is InChI=1S/C22H27FN2O2/c1-27-21-8-4-19(5-9-21)16-25(15-18-2-6-20(23)7-3-18)22(26)14-17-10-12-24-13-11-17/h2-9,17,24H,10-16H2,1H3. The van der Waals surface area contributed by atoms with Gasteiger partial charge in [-0.3, -0.25) is 4.79 Å². The van der Waals surface area contributed by atoms with Crippen molar-refractivity contribution in [2.45, 2.75) is 32.4 Å². The maximum absolute atomic E-state index is 13.2. The molecule has 0 radical (unpaired) electrons. The van der Waals surface area contributed by atoms with Crippen LogP contribution in [-0.4, -0.2) is 31.0 Å². The molecule has 0 unspecified atom stereocenters. The van der Waals surface area contributed by atoms with Crippen molar-refractivity contribution in [2.24, 2.45) is 5.92 Å². The Hall–Kier alpha value is -2.40. The number of amides is 1. The number of halogens is 1. The molecule has 2 aromatic carbocycles. The monoisotopic (exact) mass is 370 g/mol. The van der Waals surface area contributed by atoms with E-state index in [1.165, 1.54) is 12.1 Å². The fourth-order valence-corrected chi connectivity index (χ4v) is 3.46. The van der Waals surface area contributed by atoms with Gasteiger partial charge >= 0.3 is 0 Å². The molecule has 2 aromatic rings. The Morgan fingerprint density at radius 3 is 2.15 bits per heavy atom. The summed E-state index contributed by atoms with van der Waals surface area (Å²) in [5.74, 6) is 1.12. The number of piperidine rings is 1. The first-order valence-corrected chi connectivity index (χ1v) is 9.50. The lowest BCUT2D eigenvalue weighted by Gasteiger charge is -2.27. The smallest absolute Gasteiger partial charge is 0.223 e. The molecule has 1 heterocycles. The average molecular weight is 370 g/mol. The summed E-state index contributed by atoms with van der Waals surface area (Å²) in [5, 5.41) is 3.34. The van der Waals surface area contributed by atoms with E-state index in [4.69, 9.17) is 4.74 Å². The fraction of sp³-hybridized carbons (Fsp3) is 0.409. The van der Waals surface area contributed by atoms with Crippen LogP contribution in [0.1, 0.15) is 30.4 Å². The number of nitrogens with one attached hydrogen (secondary N) is 1. The van der Waals surface area contributed by atoms with E-state index in [1.807, 2.05) is 29.2 Å². The highest BCUT2D eigenvalue weighted by molar-refractivity contribution is 5.76. The van der Waals surface area contributed by atoms with Crippen LogP contribution in [0.3, 0.4) is 0 Å². The first-order chi connectivity index (χ1) is 13.1. The van der Waals surface area contributed by atoms with Crippen LogP contribution < -0.4 is 10.1 Å². The van der Waals surface area contributed by atoms with Gasteiger partial charge in [0.25, 0.3) is 0 Å². The Kier molecular flexibility index (Phi) is 6.82. The number of rotatable bonds is 7. The third-order valence-corrected chi connectivity index (χ3v) is 5.09. The van der Waals surface area contributed by atoms with E-state index in [9.17, 15) is 9.18 Å². The van der Waals surface area contributed by atoms with Gasteiger partial charge < -0.3 is 15.0 Å². The van der Waals surface area contributed by atoms with Crippen LogP contribution in [0.5, 0.6) is 5.75 Å². The second-order valence-corrected chi connectivity index (χ2v) is 7.12. The molecule has 0 saturated carbocycles. The highest BCUT2D eigenvalue weighted by Crippen LogP contribution is 2.20. The Bertz CT molecular complexity index is 725. The summed E-state index contributed by atoms with van der Waals surface area (Å²) in [6.07, 6.45) is 2.65. The molecule has 1 saturated heterocycles. The van der Waals surface area contributed by atoms with Gasteiger partial charge in [-0.1, -0.05) is 24.3 Å². The normalized spacial score (nSPS) is 14.7. The Balaban J connectivity index is 1.71. The van der Waals surface area contributed by atoms with Crippen molar-refractivity contribution in [3.63, 3.8) is 0 Å². The molecule has 0 aliphatic carbocycles. The van der Waals surface area contributed by atoms with Gasteiger partial charge in [0.2, 0.25) is 5.91 Å². The lowest BCUT2D eigenvalue weighted by Crippen LogP contribution is -2.34. The van der Waals surface area contributed by atoms with Crippen LogP contribution in [0, 0.1) is 11.7 Å². The number of carbonyl (C=O) groups is 1. The first kappa shape index (κ1) is 19.4. The summed E-state index contributed by atoms with van der Waals surface area (Å²) in [7, 11) is 1.64. The molecule has 0 atom stereocenters. The van der Waals surface area contributed by atoms with Crippen molar-refractivity contribution in [1.82, 2.24) is 10.2 Å². The zero-order valence-corrected chi connectivity index (χ0v) is 15.8. The molecule has 3 rings (SSSR count). The van der Waals surface area contributed by atoms with Crippen molar-refractivity contribution in [3.8, 4) is 5.75 Å². The molecular formula is C22H27FN2O2. The minimum absolute atomic E-state index is 0.155. The summed E-state index contributed by atoms with van der Waals surface area (Å²) < 4.78 is 18.4. The molecule has 4 nitrogen and oxygen atoms in total. The number of benzene rings is 2. The van der Waals surface area contributed by atoms with E-state index in [1.54, 1.807) is 19.2 Å². The summed E-state index contributed by atoms with van der Waals surface area (Å²) in [6, 6.07) is 14.1. The lowest BCUT2D eigenvalue weighted by molar-refractivity contribution is -0.133. The van der Waals surface area contributed by atoms with E-state index >= 15 is 0 Å². The Labute approximate surface area is 160 Å². The fourth-order valence-electron chi connectivity index (χ4n) is 3.46. The van der Waals surface area contributed by atoms with Gasteiger partial charge in [0, 0.05) is 19.5 Å². The third kappa shape index (κ3) is 5.79. The summed E-state index contributed by atoms with van der Waals surface area (Å²) in [6.45, 7) is 2.98. The predicted molar refractivity (Wildman–Crippen MR) is 104 cm³/mol. The largest absolute Gasteiger partial charge is 0.497 e. The maximum Gasteiger partial charge on any atom is 0.223 e. The summed E-state index contributed by atoms with van der Waals surface area (Å²) in [5.41, 5.74) is 1.99. The van der Waals surface area contributed by atoms with Gasteiger partial charge in [-0.05, 0) is 67.2 Å². The van der Waals surface area contributed by atoms with Crippen molar-refractivity contribution >= 4 is 5.91 Å². The molecule has 27 heavy (non-hydrogen) atoms. The van der Waals surface area contributed by atoms with Gasteiger partial charge in [-0.15, -0.1) is 0 Å². The SMILES string of the molecule is COc1ccc(CN(Cc2ccc(F)cc2)C(=O)CC2CCNCC2)cc1. The van der Waals surface area contributed by atoms with Gasteiger partial charge in [-0.25, -0.2) is 4.39 Å². The van der Waals surface area contributed by atoms with Crippen molar-refractivity contribution in [2.75, 3.05) is 20.2 Å². The number of methoxy groups -OCH3 is 1. The van der Waals surface area contributed by atoms with Crippen LogP contribution in [-0.2, 0) is 17.9 Å². The second-order valence-electron chi connectivity index (χ2n) is 7.12. The molecule has 1 fully saturated rings. The molecule has 0 spiro atoms. The molecule has 144 valence electrons. The number of hydrogen-bond donors (Lipinski definition) is 1. The minimum atomic E-state index is -0.263. The quantitative estimate of drug-likeness (QED) is 0.807. The van der Waals surface area contributed by atoms with E-state index < -0.39 is 0 Å². The molecule has 5 heteroatoms. The molecule has 1 aliphatic heterocycles. The lowest BCUT2D eigenvalue weighted by atomic mass is 9.94. The second kappa shape index (κ2) is 9.51. The third-order valence-electron chi connectivity index (χ3n) is 5.09. The number of nitrogens with zero attached hydrogens (tertiary/aromatic N) is 1. The van der Waals surface area contributed by atoms with Crippen LogP contribution in [0.15, 0.2) is 48.5 Å². The number of ether oxygens (including phenoxy) is 1. The molecular weight excluding hydrogens is 343 g/mol. The Morgan fingerprint density at radius 2 is 1.59 bits per heavy atom. The van der Waals surface area contributed by atoms with Gasteiger partial charge in [0.15, 0.2) is 0 Å². The highest BCUT2D eigenvalue weighted by atomic mass is 19.1. The molecule has 1 N–H and O–H groups in total. The molecule has 0 aromatic heterocycles. The topological polar surface area (TPSA) is 41.6 Å².